The summed E-state index contributed by atoms with van der Waals surface area (Å²) >= 11 is 0. The topological polar surface area (TPSA) is 27.7 Å². The van der Waals surface area contributed by atoms with Crippen molar-refractivity contribution in [3.8, 4) is 5.75 Å². The molecule has 3 rings (SSSR count). The molecule has 1 aromatic rings. The van der Waals surface area contributed by atoms with E-state index in [0.717, 1.165) is 32.1 Å². The van der Waals surface area contributed by atoms with Crippen LogP contribution in [0.1, 0.15) is 57.9 Å². The van der Waals surface area contributed by atoms with E-state index in [0.29, 0.717) is 25.0 Å². The minimum Gasteiger partial charge on any atom is -0.490 e. The Bertz CT molecular complexity index is 636. The molecular weight excluding hydrogens is 369 g/mol. The molecule has 1 aliphatic heterocycles. The van der Waals surface area contributed by atoms with Crippen molar-refractivity contribution in [1.29, 1.82) is 0 Å². The molecule has 0 N–H and O–H groups in total. The minimum absolute atomic E-state index is 0.0222. The molecular formula is C22H31F3O3. The van der Waals surface area contributed by atoms with E-state index in [9.17, 15) is 13.2 Å². The summed E-state index contributed by atoms with van der Waals surface area (Å²) in [5, 5.41) is 0. The first-order valence-corrected chi connectivity index (χ1v) is 10.5. The zero-order chi connectivity index (χ0) is 20.1. The van der Waals surface area contributed by atoms with Gasteiger partial charge in [-0.3, -0.25) is 0 Å². The smallest absolute Gasteiger partial charge is 0.200 e. The van der Waals surface area contributed by atoms with Crippen LogP contribution in [0.4, 0.5) is 13.2 Å². The van der Waals surface area contributed by atoms with Crippen LogP contribution in [0.25, 0.3) is 0 Å². The van der Waals surface area contributed by atoms with Gasteiger partial charge in [-0.25, -0.2) is 8.78 Å². The second-order valence-electron chi connectivity index (χ2n) is 8.19. The molecule has 2 fully saturated rings. The van der Waals surface area contributed by atoms with Crippen LogP contribution in [-0.4, -0.2) is 31.8 Å². The third kappa shape index (κ3) is 5.01. The Kier molecular flexibility index (Phi) is 7.26. The summed E-state index contributed by atoms with van der Waals surface area (Å²) in [4.78, 5) is 0. The molecule has 1 heterocycles. The molecule has 6 heteroatoms. The molecule has 1 aliphatic carbocycles. The Morgan fingerprint density at radius 3 is 2.32 bits per heavy atom. The van der Waals surface area contributed by atoms with Gasteiger partial charge in [0.15, 0.2) is 23.5 Å². The maximum Gasteiger partial charge on any atom is 0.200 e. The first-order valence-electron chi connectivity index (χ1n) is 10.5. The average Bonchev–Trinajstić information content (AvgIpc) is 2.70. The van der Waals surface area contributed by atoms with E-state index in [1.54, 1.807) is 13.0 Å². The number of ether oxygens (including phenoxy) is 3. The molecule has 158 valence electrons. The summed E-state index contributed by atoms with van der Waals surface area (Å²) in [7, 11) is 0. The lowest BCUT2D eigenvalue weighted by Gasteiger charge is -2.39. The van der Waals surface area contributed by atoms with Crippen LogP contribution in [0, 0.1) is 23.5 Å². The van der Waals surface area contributed by atoms with Gasteiger partial charge in [-0.15, -0.1) is 0 Å². The molecule has 1 aromatic carbocycles. The number of benzene rings is 1. The fourth-order valence-corrected chi connectivity index (χ4v) is 4.21. The van der Waals surface area contributed by atoms with E-state index in [2.05, 4.69) is 0 Å². The van der Waals surface area contributed by atoms with Gasteiger partial charge in [0.25, 0.3) is 0 Å². The minimum atomic E-state index is -1.36. The number of hydrogen-bond acceptors (Lipinski definition) is 3. The van der Waals surface area contributed by atoms with Gasteiger partial charge in [-0.05, 0) is 56.1 Å². The molecule has 2 aliphatic rings. The zero-order valence-corrected chi connectivity index (χ0v) is 16.8. The highest BCUT2D eigenvalue weighted by Gasteiger charge is 2.39. The Labute approximate surface area is 165 Å². The first kappa shape index (κ1) is 21.4. The van der Waals surface area contributed by atoms with Crippen molar-refractivity contribution in [3.05, 3.63) is 29.3 Å². The number of hydrogen-bond donors (Lipinski definition) is 0. The van der Waals surface area contributed by atoms with Gasteiger partial charge in [0.05, 0.1) is 19.8 Å². The Morgan fingerprint density at radius 1 is 1.04 bits per heavy atom. The van der Waals surface area contributed by atoms with Crippen molar-refractivity contribution in [2.24, 2.45) is 11.8 Å². The van der Waals surface area contributed by atoms with E-state index < -0.39 is 17.3 Å². The fourth-order valence-electron chi connectivity index (χ4n) is 4.21. The van der Waals surface area contributed by atoms with Gasteiger partial charge < -0.3 is 14.2 Å². The third-order valence-electron chi connectivity index (χ3n) is 5.97. The Hall–Kier alpha value is -1.27. The van der Waals surface area contributed by atoms with Crippen molar-refractivity contribution < 1.29 is 27.4 Å². The first-order chi connectivity index (χ1) is 13.5. The fraction of sp³-hybridized carbons (Fsp3) is 0.727. The van der Waals surface area contributed by atoms with Crippen LogP contribution < -0.4 is 4.74 Å². The standard InChI is InChI=1S/C22H31F3O3/c1-3-11-22(25)13-27-21(28-14-22)17-7-5-15(6-8-17)12-26-18-10-9-16(4-2)19(23)20(18)24/h9-10,15,17,21H,3-8,11-14H2,1-2H3. The van der Waals surface area contributed by atoms with Gasteiger partial charge in [0.2, 0.25) is 5.82 Å². The summed E-state index contributed by atoms with van der Waals surface area (Å²) in [5.41, 5.74) is -1.00. The largest absolute Gasteiger partial charge is 0.490 e. The molecule has 0 bridgehead atoms. The Balaban J connectivity index is 1.43. The second-order valence-corrected chi connectivity index (χ2v) is 8.19. The van der Waals surface area contributed by atoms with Crippen molar-refractivity contribution in [2.75, 3.05) is 19.8 Å². The van der Waals surface area contributed by atoms with Crippen LogP contribution >= 0.6 is 0 Å². The average molecular weight is 400 g/mol. The summed E-state index contributed by atoms with van der Waals surface area (Å²) < 4.78 is 59.3. The molecule has 1 saturated carbocycles. The highest BCUT2D eigenvalue weighted by Crippen LogP contribution is 2.36. The Morgan fingerprint density at radius 2 is 1.71 bits per heavy atom. The summed E-state index contributed by atoms with van der Waals surface area (Å²) in [6, 6.07) is 3.08. The zero-order valence-electron chi connectivity index (χ0n) is 16.8. The molecule has 0 atom stereocenters. The predicted molar refractivity (Wildman–Crippen MR) is 101 cm³/mol. The maximum absolute atomic E-state index is 14.4. The van der Waals surface area contributed by atoms with Crippen molar-refractivity contribution in [3.63, 3.8) is 0 Å². The molecule has 0 unspecified atom stereocenters. The lowest BCUT2D eigenvalue weighted by Crippen LogP contribution is -2.47. The summed E-state index contributed by atoms with van der Waals surface area (Å²) in [5.74, 6) is -1.21. The number of rotatable bonds is 7. The van der Waals surface area contributed by atoms with E-state index in [1.807, 2.05) is 6.92 Å². The molecule has 28 heavy (non-hydrogen) atoms. The molecule has 0 spiro atoms. The van der Waals surface area contributed by atoms with Gasteiger partial charge in [0, 0.05) is 5.92 Å². The monoisotopic (exact) mass is 400 g/mol. The molecule has 0 radical (unpaired) electrons. The van der Waals surface area contributed by atoms with Crippen LogP contribution in [0.3, 0.4) is 0 Å². The maximum atomic E-state index is 14.4. The molecule has 3 nitrogen and oxygen atoms in total. The lowest BCUT2D eigenvalue weighted by atomic mass is 9.81. The van der Waals surface area contributed by atoms with Crippen molar-refractivity contribution >= 4 is 0 Å². The van der Waals surface area contributed by atoms with Gasteiger partial charge in [-0.2, -0.15) is 4.39 Å². The quantitative estimate of drug-likeness (QED) is 0.597. The lowest BCUT2D eigenvalue weighted by molar-refractivity contribution is -0.257. The van der Waals surface area contributed by atoms with Crippen LogP contribution in [0.5, 0.6) is 5.75 Å². The van der Waals surface area contributed by atoms with Crippen molar-refractivity contribution in [2.45, 2.75) is 70.8 Å². The van der Waals surface area contributed by atoms with E-state index in [1.165, 1.54) is 6.07 Å². The second kappa shape index (κ2) is 9.49. The normalized spacial score (nSPS) is 31.0. The highest BCUT2D eigenvalue weighted by atomic mass is 19.2. The molecule has 0 amide bonds. The third-order valence-corrected chi connectivity index (χ3v) is 5.97. The van der Waals surface area contributed by atoms with Crippen LogP contribution in [0.15, 0.2) is 12.1 Å². The van der Waals surface area contributed by atoms with Gasteiger partial charge >= 0.3 is 0 Å². The summed E-state index contributed by atoms with van der Waals surface area (Å²) in [6.45, 7) is 4.31. The summed E-state index contributed by atoms with van der Waals surface area (Å²) in [6.07, 6.45) is 4.94. The van der Waals surface area contributed by atoms with E-state index in [-0.39, 0.29) is 37.1 Å². The molecule has 1 saturated heterocycles. The number of aryl methyl sites for hydroxylation is 1. The van der Waals surface area contributed by atoms with E-state index >= 15 is 0 Å². The number of alkyl halides is 1. The van der Waals surface area contributed by atoms with Crippen LogP contribution in [0.2, 0.25) is 0 Å². The SMILES string of the molecule is CCCC1(F)COC(C2CCC(COc3ccc(CC)c(F)c3F)CC2)OC1. The number of halogens is 3. The van der Waals surface area contributed by atoms with Gasteiger partial charge in [0.1, 0.15) is 0 Å². The predicted octanol–water partition coefficient (Wildman–Crippen LogP) is 5.59. The molecule has 0 aromatic heterocycles. The van der Waals surface area contributed by atoms with Crippen LogP contribution in [-0.2, 0) is 15.9 Å². The van der Waals surface area contributed by atoms with Gasteiger partial charge in [-0.1, -0.05) is 26.3 Å². The highest BCUT2D eigenvalue weighted by molar-refractivity contribution is 5.31. The van der Waals surface area contributed by atoms with Crippen molar-refractivity contribution in [1.82, 2.24) is 0 Å². The van der Waals surface area contributed by atoms with E-state index in [4.69, 9.17) is 14.2 Å².